The topological polar surface area (TPSA) is 60.4 Å². The summed E-state index contributed by atoms with van der Waals surface area (Å²) in [5.74, 6) is -0.0960. The minimum Gasteiger partial charge on any atom is -0.461 e. The highest BCUT2D eigenvalue weighted by Gasteiger charge is 2.45. The third kappa shape index (κ3) is 5.80. The van der Waals surface area contributed by atoms with E-state index in [2.05, 4.69) is 0 Å². The largest absolute Gasteiger partial charge is 0.461 e. The van der Waals surface area contributed by atoms with E-state index in [9.17, 15) is 14.4 Å². The van der Waals surface area contributed by atoms with E-state index in [-0.39, 0.29) is 28.2 Å². The first-order valence-corrected chi connectivity index (χ1v) is 10.1. The van der Waals surface area contributed by atoms with Crippen LogP contribution in [0.4, 0.5) is 0 Å². The molecule has 6 heteroatoms. The maximum atomic E-state index is 12.3. The summed E-state index contributed by atoms with van der Waals surface area (Å²) in [4.78, 5) is 36.5. The number of ether oxygens (including phenoxy) is 1. The molecular weight excluding hydrogens is 344 g/mol. The lowest BCUT2D eigenvalue weighted by Crippen LogP contribution is -2.36. The fraction of sp³-hybridized carbons (Fsp3) is 0.833. The lowest BCUT2D eigenvalue weighted by atomic mass is 9.98. The van der Waals surface area contributed by atoms with Gasteiger partial charge in [-0.2, -0.15) is 0 Å². The summed E-state index contributed by atoms with van der Waals surface area (Å²) in [6, 6.07) is 0. The van der Waals surface area contributed by atoms with Crippen molar-refractivity contribution in [2.75, 3.05) is 5.75 Å². The number of rotatable bonds is 4. The summed E-state index contributed by atoms with van der Waals surface area (Å²) in [5.41, 5.74) is -0.847. The molecule has 1 heterocycles. The molecule has 138 valence electrons. The van der Waals surface area contributed by atoms with Crippen LogP contribution in [0, 0.1) is 16.7 Å². The van der Waals surface area contributed by atoms with E-state index in [1.165, 1.54) is 23.5 Å². The molecule has 1 fully saturated rings. The molecule has 0 aliphatic carbocycles. The molecule has 0 spiro atoms. The molecule has 0 radical (unpaired) electrons. The Morgan fingerprint density at radius 2 is 1.50 bits per heavy atom. The van der Waals surface area contributed by atoms with Gasteiger partial charge in [0.15, 0.2) is 10.2 Å². The van der Waals surface area contributed by atoms with Gasteiger partial charge in [0, 0.05) is 16.6 Å². The van der Waals surface area contributed by atoms with Gasteiger partial charge >= 0.3 is 5.97 Å². The van der Waals surface area contributed by atoms with E-state index >= 15 is 0 Å². The fourth-order valence-electron chi connectivity index (χ4n) is 2.05. The van der Waals surface area contributed by atoms with E-state index in [1.54, 1.807) is 0 Å². The molecule has 2 atom stereocenters. The van der Waals surface area contributed by atoms with E-state index in [4.69, 9.17) is 4.74 Å². The van der Waals surface area contributed by atoms with Crippen molar-refractivity contribution in [2.24, 2.45) is 16.7 Å². The van der Waals surface area contributed by atoms with Crippen LogP contribution in [0.25, 0.3) is 0 Å². The van der Waals surface area contributed by atoms with Gasteiger partial charge in [0.2, 0.25) is 0 Å². The maximum absolute atomic E-state index is 12.3. The van der Waals surface area contributed by atoms with Crippen LogP contribution in [0.2, 0.25) is 0 Å². The van der Waals surface area contributed by atoms with Crippen molar-refractivity contribution in [2.45, 2.75) is 72.7 Å². The minimum absolute atomic E-state index is 0.0790. The Kier molecular flexibility index (Phi) is 6.65. The van der Waals surface area contributed by atoms with Crippen molar-refractivity contribution in [1.29, 1.82) is 0 Å². The highest BCUT2D eigenvalue weighted by molar-refractivity contribution is 8.15. The lowest BCUT2D eigenvalue weighted by molar-refractivity contribution is -0.144. The molecule has 0 saturated carbocycles. The van der Waals surface area contributed by atoms with Crippen LogP contribution in [-0.2, 0) is 19.1 Å². The SMILES string of the molecule is CC(C)(C)C(=O)SCC1CC(C(C)(C)SC(=O)C(C)(C)C)OC1=O. The van der Waals surface area contributed by atoms with Crippen LogP contribution in [0.15, 0.2) is 0 Å². The first-order chi connectivity index (χ1) is 10.6. The van der Waals surface area contributed by atoms with Gasteiger partial charge in [-0.15, -0.1) is 0 Å². The zero-order valence-corrected chi connectivity index (χ0v) is 17.7. The first kappa shape index (κ1) is 21.6. The average molecular weight is 375 g/mol. The molecule has 24 heavy (non-hydrogen) atoms. The first-order valence-electron chi connectivity index (χ1n) is 8.26. The van der Waals surface area contributed by atoms with Gasteiger partial charge in [-0.3, -0.25) is 14.4 Å². The zero-order chi connectivity index (χ0) is 18.9. The van der Waals surface area contributed by atoms with Gasteiger partial charge in [0.25, 0.3) is 0 Å². The molecule has 1 saturated heterocycles. The van der Waals surface area contributed by atoms with Crippen molar-refractivity contribution in [3.63, 3.8) is 0 Å². The molecule has 0 aromatic carbocycles. The highest BCUT2D eigenvalue weighted by atomic mass is 32.2. The minimum atomic E-state index is -0.479. The number of hydrogen-bond acceptors (Lipinski definition) is 6. The lowest BCUT2D eigenvalue weighted by Gasteiger charge is -2.31. The Labute approximate surface area is 154 Å². The Balaban J connectivity index is 2.66. The number of thioether (sulfide) groups is 2. The molecular formula is C18H30O4S2. The second-order valence-electron chi connectivity index (χ2n) is 8.95. The normalized spacial score (nSPS) is 22.4. The molecule has 0 N–H and O–H groups in total. The van der Waals surface area contributed by atoms with E-state index in [0.717, 1.165) is 0 Å². The van der Waals surface area contributed by atoms with Gasteiger partial charge < -0.3 is 4.74 Å². The van der Waals surface area contributed by atoms with Crippen LogP contribution in [-0.4, -0.2) is 32.8 Å². The molecule has 0 aromatic heterocycles. The van der Waals surface area contributed by atoms with Crippen LogP contribution >= 0.6 is 23.5 Å². The number of cyclic esters (lactones) is 1. The summed E-state index contributed by atoms with van der Waals surface area (Å²) in [5, 5.41) is 0.166. The summed E-state index contributed by atoms with van der Waals surface area (Å²) in [7, 11) is 0. The molecule has 1 aliphatic rings. The van der Waals surface area contributed by atoms with Gasteiger partial charge in [0.1, 0.15) is 6.10 Å². The average Bonchev–Trinajstić information content (AvgIpc) is 2.75. The van der Waals surface area contributed by atoms with Gasteiger partial charge in [-0.05, 0) is 20.3 Å². The molecule has 0 bridgehead atoms. The third-order valence-electron chi connectivity index (χ3n) is 3.86. The van der Waals surface area contributed by atoms with Crippen molar-refractivity contribution in [1.82, 2.24) is 0 Å². The van der Waals surface area contributed by atoms with Gasteiger partial charge in [-0.25, -0.2) is 0 Å². The predicted octanol–water partition coefficient (Wildman–Crippen LogP) is 4.31. The van der Waals surface area contributed by atoms with Crippen LogP contribution in [0.3, 0.4) is 0 Å². The highest BCUT2D eigenvalue weighted by Crippen LogP contribution is 2.41. The predicted molar refractivity (Wildman–Crippen MR) is 101 cm³/mol. The fourth-order valence-corrected chi connectivity index (χ4v) is 4.17. The van der Waals surface area contributed by atoms with Crippen LogP contribution in [0.1, 0.15) is 61.8 Å². The Bertz CT molecular complexity index is 512. The van der Waals surface area contributed by atoms with Crippen molar-refractivity contribution < 1.29 is 19.1 Å². The molecule has 0 aromatic rings. The zero-order valence-electron chi connectivity index (χ0n) is 16.0. The number of esters is 1. The second-order valence-corrected chi connectivity index (χ2v) is 11.6. The molecule has 1 aliphatic heterocycles. The Hall–Kier alpha value is -0.490. The van der Waals surface area contributed by atoms with Crippen molar-refractivity contribution in [3.05, 3.63) is 0 Å². The standard InChI is InChI=1S/C18H30O4S2/c1-16(2,3)14(20)23-10-11-9-12(22-13(11)19)18(7,8)24-15(21)17(4,5)6/h11-12H,9-10H2,1-8H3. The van der Waals surface area contributed by atoms with Crippen LogP contribution < -0.4 is 0 Å². The summed E-state index contributed by atoms with van der Waals surface area (Å²) in [6.45, 7) is 15.1. The summed E-state index contributed by atoms with van der Waals surface area (Å²) in [6.07, 6.45) is 0.248. The molecule has 0 amide bonds. The number of hydrogen-bond donors (Lipinski definition) is 0. The monoisotopic (exact) mass is 374 g/mol. The Morgan fingerprint density at radius 1 is 1.00 bits per heavy atom. The van der Waals surface area contributed by atoms with Crippen molar-refractivity contribution >= 4 is 39.7 Å². The van der Waals surface area contributed by atoms with Gasteiger partial charge in [-0.1, -0.05) is 65.1 Å². The maximum Gasteiger partial charge on any atom is 0.310 e. The van der Waals surface area contributed by atoms with E-state index in [0.29, 0.717) is 12.2 Å². The van der Waals surface area contributed by atoms with E-state index < -0.39 is 15.6 Å². The quantitative estimate of drug-likeness (QED) is 0.684. The van der Waals surface area contributed by atoms with Crippen LogP contribution in [0.5, 0.6) is 0 Å². The molecule has 4 nitrogen and oxygen atoms in total. The summed E-state index contributed by atoms with van der Waals surface area (Å²) >= 11 is 2.45. The summed E-state index contributed by atoms with van der Waals surface area (Å²) < 4.78 is 5.05. The smallest absolute Gasteiger partial charge is 0.310 e. The number of carbonyl (C=O) groups excluding carboxylic acids is 3. The second kappa shape index (κ2) is 7.40. The molecule has 2 unspecified atom stereocenters. The Morgan fingerprint density at radius 3 is 1.96 bits per heavy atom. The van der Waals surface area contributed by atoms with Gasteiger partial charge in [0.05, 0.1) is 10.7 Å². The third-order valence-corrected chi connectivity index (χ3v) is 6.89. The van der Waals surface area contributed by atoms with E-state index in [1.807, 2.05) is 55.4 Å². The van der Waals surface area contributed by atoms with Crippen molar-refractivity contribution in [3.8, 4) is 0 Å². The number of carbonyl (C=O) groups is 3. The molecule has 1 rings (SSSR count).